The molecule has 12 heavy (non-hydrogen) atoms. The highest BCUT2D eigenvalue weighted by Crippen LogP contribution is 2.29. The van der Waals surface area contributed by atoms with E-state index in [4.69, 9.17) is 4.74 Å². The van der Waals surface area contributed by atoms with Gasteiger partial charge in [-0.25, -0.2) is 4.52 Å². The van der Waals surface area contributed by atoms with Crippen molar-refractivity contribution in [2.45, 2.75) is 6.10 Å². The van der Waals surface area contributed by atoms with Crippen LogP contribution in [0.5, 0.6) is 0 Å². The largest absolute Gasteiger partial charge is 0.368 e. The Kier molecular flexibility index (Phi) is 1.02. The van der Waals surface area contributed by atoms with Crippen LogP contribution in [-0.4, -0.2) is 26.6 Å². The first-order valence-electron chi connectivity index (χ1n) is 3.73. The first kappa shape index (κ1) is 6.07. The number of tetrazole rings is 1. The van der Waals surface area contributed by atoms with Crippen LogP contribution in [0.2, 0.25) is 0 Å². The van der Waals surface area contributed by atoms with Gasteiger partial charge in [0.05, 0.1) is 6.61 Å². The van der Waals surface area contributed by atoms with Crippen LogP contribution in [-0.2, 0) is 4.74 Å². The SMILES string of the molecule is c1cc2nnnn2cc1[C@@H]1CO1. The lowest BCUT2D eigenvalue weighted by molar-refractivity contribution is 0.415. The molecule has 0 spiro atoms. The van der Waals surface area contributed by atoms with Gasteiger partial charge in [0.25, 0.3) is 0 Å². The van der Waals surface area contributed by atoms with E-state index in [2.05, 4.69) is 15.5 Å². The van der Waals surface area contributed by atoms with Gasteiger partial charge in [-0.1, -0.05) is 6.07 Å². The van der Waals surface area contributed by atoms with Crippen molar-refractivity contribution in [3.05, 3.63) is 23.9 Å². The van der Waals surface area contributed by atoms with Crippen molar-refractivity contribution in [1.82, 2.24) is 20.0 Å². The molecule has 1 saturated heterocycles. The van der Waals surface area contributed by atoms with Gasteiger partial charge >= 0.3 is 0 Å². The molecule has 0 radical (unpaired) electrons. The number of fused-ring (bicyclic) bond motifs is 1. The lowest BCUT2D eigenvalue weighted by Gasteiger charge is -1.93. The van der Waals surface area contributed by atoms with E-state index in [1.165, 1.54) is 0 Å². The quantitative estimate of drug-likeness (QED) is 0.562. The molecule has 1 atom stereocenters. The van der Waals surface area contributed by atoms with Gasteiger partial charge in [0.15, 0.2) is 5.65 Å². The van der Waals surface area contributed by atoms with Crippen LogP contribution in [0.4, 0.5) is 0 Å². The van der Waals surface area contributed by atoms with Crippen molar-refractivity contribution >= 4 is 5.65 Å². The first-order valence-corrected chi connectivity index (χ1v) is 3.73. The van der Waals surface area contributed by atoms with E-state index in [1.807, 2.05) is 18.3 Å². The molecule has 1 aliphatic heterocycles. The van der Waals surface area contributed by atoms with E-state index in [-0.39, 0.29) is 6.10 Å². The van der Waals surface area contributed by atoms with Crippen molar-refractivity contribution in [2.24, 2.45) is 0 Å². The second-order valence-corrected chi connectivity index (χ2v) is 2.77. The molecule has 1 fully saturated rings. The summed E-state index contributed by atoms with van der Waals surface area (Å²) >= 11 is 0. The maximum absolute atomic E-state index is 5.14. The Morgan fingerprint density at radius 3 is 3.25 bits per heavy atom. The average molecular weight is 162 g/mol. The molecule has 0 unspecified atom stereocenters. The second kappa shape index (κ2) is 2.01. The Morgan fingerprint density at radius 1 is 1.50 bits per heavy atom. The summed E-state index contributed by atoms with van der Waals surface area (Å²) in [7, 11) is 0. The van der Waals surface area contributed by atoms with Gasteiger partial charge in [-0.15, -0.1) is 5.10 Å². The van der Waals surface area contributed by atoms with Gasteiger partial charge in [-0.05, 0) is 16.5 Å². The fraction of sp³-hybridized carbons (Fsp3) is 0.286. The number of hydrogen-bond acceptors (Lipinski definition) is 4. The summed E-state index contributed by atoms with van der Waals surface area (Å²) in [6.07, 6.45) is 2.16. The van der Waals surface area contributed by atoms with Gasteiger partial charge in [0.2, 0.25) is 0 Å². The van der Waals surface area contributed by atoms with Crippen molar-refractivity contribution in [2.75, 3.05) is 6.61 Å². The molecular weight excluding hydrogens is 156 g/mol. The van der Waals surface area contributed by atoms with Gasteiger partial charge in [0, 0.05) is 11.8 Å². The lowest BCUT2D eigenvalue weighted by atomic mass is 10.2. The molecule has 5 nitrogen and oxygen atoms in total. The van der Waals surface area contributed by atoms with Crippen LogP contribution in [0, 0.1) is 0 Å². The highest BCUT2D eigenvalue weighted by molar-refractivity contribution is 5.37. The van der Waals surface area contributed by atoms with E-state index >= 15 is 0 Å². The van der Waals surface area contributed by atoms with E-state index in [1.54, 1.807) is 4.52 Å². The van der Waals surface area contributed by atoms with E-state index in [0.717, 1.165) is 17.8 Å². The minimum Gasteiger partial charge on any atom is -0.368 e. The highest BCUT2D eigenvalue weighted by Gasteiger charge is 2.25. The molecule has 5 heteroatoms. The Labute approximate surface area is 68.0 Å². The Balaban J connectivity index is 2.21. The van der Waals surface area contributed by atoms with Gasteiger partial charge in [0.1, 0.15) is 6.10 Å². The van der Waals surface area contributed by atoms with E-state index in [9.17, 15) is 0 Å². The summed E-state index contributed by atoms with van der Waals surface area (Å²) in [4.78, 5) is 0. The zero-order valence-corrected chi connectivity index (χ0v) is 6.21. The van der Waals surface area contributed by atoms with Crippen LogP contribution < -0.4 is 0 Å². The van der Waals surface area contributed by atoms with Gasteiger partial charge in [-0.3, -0.25) is 0 Å². The number of ether oxygens (including phenoxy) is 1. The maximum Gasteiger partial charge on any atom is 0.179 e. The summed E-state index contributed by atoms with van der Waals surface area (Å²) in [6, 6.07) is 3.88. The summed E-state index contributed by atoms with van der Waals surface area (Å²) in [5.41, 5.74) is 1.90. The molecule has 0 aliphatic carbocycles. The third-order valence-electron chi connectivity index (χ3n) is 1.92. The highest BCUT2D eigenvalue weighted by atomic mass is 16.6. The van der Waals surface area contributed by atoms with Crippen molar-refractivity contribution in [3.63, 3.8) is 0 Å². The summed E-state index contributed by atoms with van der Waals surface area (Å²) < 4.78 is 6.79. The second-order valence-electron chi connectivity index (χ2n) is 2.77. The molecule has 60 valence electrons. The Hall–Kier alpha value is -1.49. The molecule has 2 aromatic heterocycles. The minimum absolute atomic E-state index is 0.263. The molecule has 0 bridgehead atoms. The van der Waals surface area contributed by atoms with Crippen LogP contribution in [0.25, 0.3) is 5.65 Å². The zero-order chi connectivity index (χ0) is 7.97. The van der Waals surface area contributed by atoms with Crippen LogP contribution in [0.3, 0.4) is 0 Å². The third-order valence-corrected chi connectivity index (χ3v) is 1.92. The van der Waals surface area contributed by atoms with E-state index < -0.39 is 0 Å². The number of epoxide rings is 1. The molecular formula is C7H6N4O. The predicted octanol–water partition coefficient (Wildman–Crippen LogP) is 0.196. The van der Waals surface area contributed by atoms with Crippen LogP contribution >= 0.6 is 0 Å². The standard InChI is InChI=1S/C7H6N4O/c1-2-7-8-9-10-11(7)3-5(1)6-4-12-6/h1-3,6H,4H2/t6-/m0/s1. The molecule has 2 aromatic rings. The molecule has 3 heterocycles. The number of aromatic nitrogens is 4. The van der Waals surface area contributed by atoms with E-state index in [0.29, 0.717) is 0 Å². The topological polar surface area (TPSA) is 55.6 Å². The normalized spacial score (nSPS) is 21.5. The summed E-state index contributed by atoms with van der Waals surface area (Å²) in [6.45, 7) is 0.813. The fourth-order valence-electron chi connectivity index (χ4n) is 1.19. The maximum atomic E-state index is 5.14. The number of rotatable bonds is 1. The Morgan fingerprint density at radius 2 is 2.42 bits per heavy atom. The zero-order valence-electron chi connectivity index (χ0n) is 6.21. The van der Waals surface area contributed by atoms with Crippen molar-refractivity contribution < 1.29 is 4.74 Å². The predicted molar refractivity (Wildman–Crippen MR) is 39.5 cm³/mol. The smallest absolute Gasteiger partial charge is 0.179 e. The molecule has 0 amide bonds. The lowest BCUT2D eigenvalue weighted by Crippen LogP contribution is -1.90. The third kappa shape index (κ3) is 0.799. The van der Waals surface area contributed by atoms with Gasteiger partial charge in [-0.2, -0.15) is 0 Å². The average Bonchev–Trinajstić information content (AvgIpc) is 2.84. The molecule has 3 rings (SSSR count). The monoisotopic (exact) mass is 162 g/mol. The minimum atomic E-state index is 0.263. The van der Waals surface area contributed by atoms with Crippen LogP contribution in [0.1, 0.15) is 11.7 Å². The molecule has 0 saturated carbocycles. The molecule has 0 N–H and O–H groups in total. The summed E-state index contributed by atoms with van der Waals surface area (Å²) in [5.74, 6) is 0. The van der Waals surface area contributed by atoms with Crippen LogP contribution in [0.15, 0.2) is 18.3 Å². The fourth-order valence-corrected chi connectivity index (χ4v) is 1.19. The number of nitrogens with zero attached hydrogens (tertiary/aromatic N) is 4. The Bertz CT molecular complexity index is 420. The van der Waals surface area contributed by atoms with Crippen molar-refractivity contribution in [1.29, 1.82) is 0 Å². The first-order chi connectivity index (χ1) is 5.93. The summed E-state index contributed by atoms with van der Waals surface area (Å²) in [5, 5.41) is 11.1. The molecule has 1 aliphatic rings. The number of pyridine rings is 1. The molecule has 0 aromatic carbocycles. The van der Waals surface area contributed by atoms with Crippen molar-refractivity contribution in [3.8, 4) is 0 Å². The van der Waals surface area contributed by atoms with Gasteiger partial charge < -0.3 is 4.74 Å². The number of hydrogen-bond donors (Lipinski definition) is 0.